The van der Waals surface area contributed by atoms with Crippen LogP contribution in [0.15, 0.2) is 0 Å². The van der Waals surface area contributed by atoms with Gasteiger partial charge in [0, 0.05) is 12.6 Å². The predicted molar refractivity (Wildman–Crippen MR) is 70.3 cm³/mol. The first kappa shape index (κ1) is 12.9. The number of hydrogen-bond acceptors (Lipinski definition) is 4. The average Bonchev–Trinajstić information content (AvgIpc) is 2.67. The third-order valence-corrected chi connectivity index (χ3v) is 6.60. The van der Waals surface area contributed by atoms with Crippen molar-refractivity contribution in [3.63, 3.8) is 0 Å². The Kier molecular flexibility index (Phi) is 3.41. The summed E-state index contributed by atoms with van der Waals surface area (Å²) in [5.74, 6) is 1.14. The lowest BCUT2D eigenvalue weighted by atomic mass is 9.75. The van der Waals surface area contributed by atoms with Crippen LogP contribution in [0.4, 0.5) is 0 Å². The van der Waals surface area contributed by atoms with E-state index in [0.29, 0.717) is 24.7 Å². The first-order valence-electron chi connectivity index (χ1n) is 7.19. The van der Waals surface area contributed by atoms with E-state index in [1.807, 2.05) is 0 Å². The first-order valence-corrected chi connectivity index (χ1v) is 9.01. The van der Waals surface area contributed by atoms with E-state index >= 15 is 0 Å². The molecule has 2 unspecified atom stereocenters. The zero-order valence-corrected chi connectivity index (χ0v) is 11.7. The minimum atomic E-state index is -2.89. The SMILES string of the molecule is O=S1(=O)CCC2(C1)OCCNC2C1CCCCC1. The van der Waals surface area contributed by atoms with Gasteiger partial charge >= 0.3 is 0 Å². The summed E-state index contributed by atoms with van der Waals surface area (Å²) in [4.78, 5) is 0. The molecule has 2 heterocycles. The van der Waals surface area contributed by atoms with Crippen molar-refractivity contribution < 1.29 is 13.2 Å². The molecule has 104 valence electrons. The molecule has 0 bridgehead atoms. The van der Waals surface area contributed by atoms with Crippen molar-refractivity contribution in [1.29, 1.82) is 0 Å². The molecule has 18 heavy (non-hydrogen) atoms. The fourth-order valence-electron chi connectivity index (χ4n) is 4.01. The summed E-state index contributed by atoms with van der Waals surface area (Å²) in [6.07, 6.45) is 7.03. The second-order valence-corrected chi connectivity index (χ2v) is 8.27. The van der Waals surface area contributed by atoms with Gasteiger partial charge in [0.2, 0.25) is 0 Å². The molecule has 5 heteroatoms. The molecule has 1 N–H and O–H groups in total. The average molecular weight is 273 g/mol. The molecular weight excluding hydrogens is 250 g/mol. The van der Waals surface area contributed by atoms with Crippen LogP contribution in [0, 0.1) is 5.92 Å². The van der Waals surface area contributed by atoms with Crippen LogP contribution in [0.5, 0.6) is 0 Å². The fraction of sp³-hybridized carbons (Fsp3) is 1.00. The third-order valence-electron chi connectivity index (χ3n) is 4.84. The minimum Gasteiger partial charge on any atom is -0.371 e. The summed E-state index contributed by atoms with van der Waals surface area (Å²) in [5, 5.41) is 3.57. The van der Waals surface area contributed by atoms with Crippen molar-refractivity contribution in [1.82, 2.24) is 5.32 Å². The zero-order chi connectivity index (χ0) is 12.6. The third kappa shape index (κ3) is 2.32. The van der Waals surface area contributed by atoms with Crippen molar-refractivity contribution in [3.05, 3.63) is 0 Å². The highest BCUT2D eigenvalue weighted by Gasteiger charge is 2.52. The Hall–Kier alpha value is -0.130. The van der Waals surface area contributed by atoms with Crippen molar-refractivity contribution in [2.45, 2.75) is 50.2 Å². The van der Waals surface area contributed by atoms with Crippen molar-refractivity contribution in [2.75, 3.05) is 24.7 Å². The van der Waals surface area contributed by atoms with E-state index in [9.17, 15) is 8.42 Å². The van der Waals surface area contributed by atoms with Crippen LogP contribution in [0.2, 0.25) is 0 Å². The van der Waals surface area contributed by atoms with Gasteiger partial charge in [-0.3, -0.25) is 0 Å². The largest absolute Gasteiger partial charge is 0.371 e. The van der Waals surface area contributed by atoms with E-state index in [2.05, 4.69) is 5.32 Å². The second kappa shape index (κ2) is 4.76. The number of sulfone groups is 1. The quantitative estimate of drug-likeness (QED) is 0.777. The van der Waals surface area contributed by atoms with Gasteiger partial charge in [-0.05, 0) is 25.2 Å². The number of rotatable bonds is 1. The van der Waals surface area contributed by atoms with Gasteiger partial charge in [0.05, 0.1) is 23.7 Å². The van der Waals surface area contributed by atoms with Gasteiger partial charge in [-0.2, -0.15) is 0 Å². The van der Waals surface area contributed by atoms with E-state index < -0.39 is 15.4 Å². The summed E-state index contributed by atoms with van der Waals surface area (Å²) >= 11 is 0. The van der Waals surface area contributed by atoms with Crippen LogP contribution >= 0.6 is 0 Å². The highest BCUT2D eigenvalue weighted by Crippen LogP contribution is 2.39. The van der Waals surface area contributed by atoms with E-state index in [1.165, 1.54) is 32.1 Å². The number of morpholine rings is 1. The maximum atomic E-state index is 11.8. The van der Waals surface area contributed by atoms with Crippen LogP contribution in [-0.4, -0.2) is 44.7 Å². The molecule has 4 nitrogen and oxygen atoms in total. The molecule has 0 radical (unpaired) electrons. The second-order valence-electron chi connectivity index (χ2n) is 6.09. The lowest BCUT2D eigenvalue weighted by Crippen LogP contribution is -2.62. The molecule has 0 aromatic heterocycles. The van der Waals surface area contributed by atoms with Gasteiger partial charge in [0.1, 0.15) is 0 Å². The number of hydrogen-bond donors (Lipinski definition) is 1. The lowest BCUT2D eigenvalue weighted by Gasteiger charge is -2.46. The van der Waals surface area contributed by atoms with E-state index in [4.69, 9.17) is 4.74 Å². The summed E-state index contributed by atoms with van der Waals surface area (Å²) in [5.41, 5.74) is -0.418. The van der Waals surface area contributed by atoms with E-state index in [-0.39, 0.29) is 11.8 Å². The van der Waals surface area contributed by atoms with Gasteiger partial charge < -0.3 is 10.1 Å². The Morgan fingerprint density at radius 2 is 1.94 bits per heavy atom. The Labute approximate surface area is 109 Å². The smallest absolute Gasteiger partial charge is 0.153 e. The summed E-state index contributed by atoms with van der Waals surface area (Å²) in [6.45, 7) is 1.52. The monoisotopic (exact) mass is 273 g/mol. The van der Waals surface area contributed by atoms with Gasteiger partial charge in [0.15, 0.2) is 9.84 Å². The lowest BCUT2D eigenvalue weighted by molar-refractivity contribution is -0.0965. The minimum absolute atomic E-state index is 0.230. The Morgan fingerprint density at radius 1 is 1.17 bits per heavy atom. The zero-order valence-electron chi connectivity index (χ0n) is 10.9. The summed E-state index contributed by atoms with van der Waals surface area (Å²) in [6, 6.07) is 0.254. The molecule has 0 amide bonds. The maximum Gasteiger partial charge on any atom is 0.153 e. The van der Waals surface area contributed by atoms with Crippen LogP contribution in [-0.2, 0) is 14.6 Å². The molecule has 1 saturated carbocycles. The van der Waals surface area contributed by atoms with Gasteiger partial charge in [-0.25, -0.2) is 8.42 Å². The van der Waals surface area contributed by atoms with Crippen molar-refractivity contribution >= 4 is 9.84 Å². The highest BCUT2D eigenvalue weighted by atomic mass is 32.2. The Balaban J connectivity index is 1.81. The molecule has 3 fully saturated rings. The van der Waals surface area contributed by atoms with Crippen LogP contribution in [0.25, 0.3) is 0 Å². The standard InChI is InChI=1S/C13H23NO3S/c15-18(16)9-6-13(10-18)12(14-7-8-17-13)11-4-2-1-3-5-11/h11-12,14H,1-10H2. The van der Waals surface area contributed by atoms with E-state index in [0.717, 1.165) is 6.54 Å². The maximum absolute atomic E-state index is 11.8. The van der Waals surface area contributed by atoms with Crippen LogP contribution in [0.3, 0.4) is 0 Å². The molecule has 2 saturated heterocycles. The molecule has 0 aromatic carbocycles. The van der Waals surface area contributed by atoms with E-state index in [1.54, 1.807) is 0 Å². The molecule has 3 aliphatic rings. The van der Waals surface area contributed by atoms with Gasteiger partial charge in [0.25, 0.3) is 0 Å². The van der Waals surface area contributed by atoms with Gasteiger partial charge in [-0.1, -0.05) is 19.3 Å². The van der Waals surface area contributed by atoms with Crippen molar-refractivity contribution in [2.24, 2.45) is 5.92 Å². The van der Waals surface area contributed by atoms with Gasteiger partial charge in [-0.15, -0.1) is 0 Å². The summed E-state index contributed by atoms with van der Waals surface area (Å²) < 4.78 is 29.6. The van der Waals surface area contributed by atoms with Crippen LogP contribution < -0.4 is 5.32 Å². The van der Waals surface area contributed by atoms with Crippen molar-refractivity contribution in [3.8, 4) is 0 Å². The molecule has 2 atom stereocenters. The highest BCUT2D eigenvalue weighted by molar-refractivity contribution is 7.91. The predicted octanol–water partition coefficient (Wildman–Crippen LogP) is 1.11. The molecule has 2 aliphatic heterocycles. The molecule has 0 aromatic rings. The van der Waals surface area contributed by atoms with Crippen LogP contribution in [0.1, 0.15) is 38.5 Å². The normalized spacial score (nSPS) is 41.2. The Morgan fingerprint density at radius 3 is 2.61 bits per heavy atom. The summed E-state index contributed by atoms with van der Waals surface area (Å²) in [7, 11) is -2.89. The molecule has 3 rings (SSSR count). The first-order chi connectivity index (χ1) is 8.61. The number of ether oxygens (including phenoxy) is 1. The Bertz CT molecular complexity index is 402. The topological polar surface area (TPSA) is 55.4 Å². The fourth-order valence-corrected chi connectivity index (χ4v) is 5.96. The molecule has 1 spiro atoms. The molecular formula is C13H23NO3S. The molecule has 1 aliphatic carbocycles. The number of nitrogens with one attached hydrogen (secondary N) is 1.